The van der Waals surface area contributed by atoms with E-state index in [0.717, 1.165) is 18.6 Å². The van der Waals surface area contributed by atoms with Crippen molar-refractivity contribution in [1.82, 2.24) is 0 Å². The molecule has 0 aromatic heterocycles. The van der Waals surface area contributed by atoms with Crippen molar-refractivity contribution in [3.63, 3.8) is 0 Å². The lowest BCUT2D eigenvalue weighted by Gasteiger charge is -2.14. The van der Waals surface area contributed by atoms with Crippen LogP contribution >= 0.6 is 0 Å². The van der Waals surface area contributed by atoms with Crippen LogP contribution in [0, 0.1) is 5.92 Å². The molecule has 0 saturated carbocycles. The zero-order valence-corrected chi connectivity index (χ0v) is 11.5. The highest BCUT2D eigenvalue weighted by atomic mass is 16.5. The Morgan fingerprint density at radius 1 is 1.17 bits per heavy atom. The maximum Gasteiger partial charge on any atom is 0.119 e. The second kappa shape index (κ2) is 6.24. The topological polar surface area (TPSA) is 29.5 Å². The first-order valence-electron chi connectivity index (χ1n) is 7.08. The van der Waals surface area contributed by atoms with Gasteiger partial charge in [-0.15, -0.1) is 0 Å². The lowest BCUT2D eigenvalue weighted by Crippen LogP contribution is -2.18. The quantitative estimate of drug-likeness (QED) is 0.836. The van der Waals surface area contributed by atoms with Crippen LogP contribution in [0.15, 0.2) is 18.2 Å². The number of ether oxygens (including phenoxy) is 1. The van der Waals surface area contributed by atoms with Crippen LogP contribution in [0.3, 0.4) is 0 Å². The summed E-state index contributed by atoms with van der Waals surface area (Å²) in [4.78, 5) is 0. The average molecular weight is 248 g/mol. The van der Waals surface area contributed by atoms with Gasteiger partial charge in [0.25, 0.3) is 0 Å². The Bertz CT molecular complexity index is 385. The van der Waals surface area contributed by atoms with Crippen molar-refractivity contribution in [1.29, 1.82) is 0 Å². The number of benzene rings is 1. The molecule has 1 N–H and O–H groups in total. The molecule has 2 nitrogen and oxygen atoms in total. The summed E-state index contributed by atoms with van der Waals surface area (Å²) in [5.41, 5.74) is 2.88. The minimum Gasteiger partial charge on any atom is -0.491 e. The van der Waals surface area contributed by atoms with E-state index in [1.807, 2.05) is 6.07 Å². The lowest BCUT2D eigenvalue weighted by atomic mass is 10.1. The third kappa shape index (κ3) is 3.74. The third-order valence-electron chi connectivity index (χ3n) is 3.59. The molecule has 18 heavy (non-hydrogen) atoms. The molecule has 0 spiro atoms. The van der Waals surface area contributed by atoms with Crippen molar-refractivity contribution in [2.45, 2.75) is 52.1 Å². The van der Waals surface area contributed by atoms with Gasteiger partial charge < -0.3 is 9.84 Å². The predicted octanol–water partition coefficient (Wildman–Crippen LogP) is 3.35. The van der Waals surface area contributed by atoms with Crippen molar-refractivity contribution in [2.24, 2.45) is 5.92 Å². The summed E-state index contributed by atoms with van der Waals surface area (Å²) in [7, 11) is 0. The molecule has 0 bridgehead atoms. The molecule has 0 radical (unpaired) electrons. The Labute approximate surface area is 110 Å². The van der Waals surface area contributed by atoms with Crippen LogP contribution in [0.25, 0.3) is 0 Å². The Kier molecular flexibility index (Phi) is 4.65. The standard InChI is InChI=1S/C16H24O2/c1-12(2)6-8-15(17)11-18-16-9-7-13-4-3-5-14(13)10-16/h7,9-10,12,15,17H,3-6,8,11H2,1-2H3/t15-/m1/s1. The normalized spacial score (nSPS) is 15.8. The Morgan fingerprint density at radius 3 is 2.72 bits per heavy atom. The first-order valence-corrected chi connectivity index (χ1v) is 7.08. The fourth-order valence-electron chi connectivity index (χ4n) is 2.44. The van der Waals surface area contributed by atoms with E-state index in [-0.39, 0.29) is 6.10 Å². The summed E-state index contributed by atoms with van der Waals surface area (Å²) in [5.74, 6) is 1.54. The van der Waals surface area contributed by atoms with E-state index in [4.69, 9.17) is 4.74 Å². The summed E-state index contributed by atoms with van der Waals surface area (Å²) in [6.07, 6.45) is 5.16. The Hall–Kier alpha value is -1.02. The first kappa shape index (κ1) is 13.4. The highest BCUT2D eigenvalue weighted by Crippen LogP contribution is 2.26. The second-order valence-corrected chi connectivity index (χ2v) is 5.72. The first-order chi connectivity index (χ1) is 8.65. The van der Waals surface area contributed by atoms with Gasteiger partial charge in [-0.25, -0.2) is 0 Å². The number of aliphatic hydroxyl groups is 1. The summed E-state index contributed by atoms with van der Waals surface area (Å²) >= 11 is 0. The fourth-order valence-corrected chi connectivity index (χ4v) is 2.44. The lowest BCUT2D eigenvalue weighted by molar-refractivity contribution is 0.0950. The van der Waals surface area contributed by atoms with Gasteiger partial charge in [0.1, 0.15) is 12.4 Å². The number of hydrogen-bond acceptors (Lipinski definition) is 2. The predicted molar refractivity (Wildman–Crippen MR) is 74.0 cm³/mol. The van der Waals surface area contributed by atoms with Gasteiger partial charge in [0, 0.05) is 0 Å². The smallest absolute Gasteiger partial charge is 0.119 e. The molecule has 2 heteroatoms. The monoisotopic (exact) mass is 248 g/mol. The zero-order chi connectivity index (χ0) is 13.0. The van der Waals surface area contributed by atoms with E-state index < -0.39 is 0 Å². The van der Waals surface area contributed by atoms with Crippen LogP contribution in [0.1, 0.15) is 44.2 Å². The van der Waals surface area contributed by atoms with Crippen molar-refractivity contribution in [2.75, 3.05) is 6.61 Å². The van der Waals surface area contributed by atoms with Gasteiger partial charge in [0.15, 0.2) is 0 Å². The van der Waals surface area contributed by atoms with E-state index in [2.05, 4.69) is 26.0 Å². The number of aryl methyl sites for hydroxylation is 2. The van der Waals surface area contributed by atoms with Crippen molar-refractivity contribution in [3.05, 3.63) is 29.3 Å². The van der Waals surface area contributed by atoms with E-state index in [9.17, 15) is 5.11 Å². The molecular formula is C16H24O2. The zero-order valence-electron chi connectivity index (χ0n) is 11.5. The largest absolute Gasteiger partial charge is 0.491 e. The molecule has 100 valence electrons. The molecule has 1 aromatic carbocycles. The summed E-state index contributed by atoms with van der Waals surface area (Å²) < 4.78 is 5.68. The van der Waals surface area contributed by atoms with Crippen LogP contribution in [0.4, 0.5) is 0 Å². The van der Waals surface area contributed by atoms with Gasteiger partial charge in [-0.3, -0.25) is 0 Å². The molecule has 0 aliphatic heterocycles. The van der Waals surface area contributed by atoms with E-state index in [0.29, 0.717) is 12.5 Å². The highest BCUT2D eigenvalue weighted by Gasteiger charge is 2.12. The van der Waals surface area contributed by atoms with Gasteiger partial charge in [0.2, 0.25) is 0 Å². The van der Waals surface area contributed by atoms with Gasteiger partial charge in [-0.1, -0.05) is 19.9 Å². The number of rotatable bonds is 6. The van der Waals surface area contributed by atoms with Gasteiger partial charge in [-0.2, -0.15) is 0 Å². The van der Waals surface area contributed by atoms with Crippen molar-refractivity contribution in [3.8, 4) is 5.75 Å². The molecule has 1 atom stereocenters. The fraction of sp³-hybridized carbons (Fsp3) is 0.625. The van der Waals surface area contributed by atoms with Crippen LogP contribution in [-0.4, -0.2) is 17.8 Å². The van der Waals surface area contributed by atoms with Gasteiger partial charge in [0.05, 0.1) is 6.10 Å². The third-order valence-corrected chi connectivity index (χ3v) is 3.59. The summed E-state index contributed by atoms with van der Waals surface area (Å²) in [6.45, 7) is 4.76. The van der Waals surface area contributed by atoms with Gasteiger partial charge in [-0.05, 0) is 61.3 Å². The van der Waals surface area contributed by atoms with Crippen LogP contribution in [0.5, 0.6) is 5.75 Å². The molecule has 2 rings (SSSR count). The maximum atomic E-state index is 9.83. The van der Waals surface area contributed by atoms with E-state index >= 15 is 0 Å². The molecule has 0 unspecified atom stereocenters. The molecule has 0 saturated heterocycles. The second-order valence-electron chi connectivity index (χ2n) is 5.72. The molecular weight excluding hydrogens is 224 g/mol. The number of fused-ring (bicyclic) bond motifs is 1. The molecule has 1 aliphatic carbocycles. The minimum atomic E-state index is -0.347. The Morgan fingerprint density at radius 2 is 1.94 bits per heavy atom. The van der Waals surface area contributed by atoms with Gasteiger partial charge >= 0.3 is 0 Å². The minimum absolute atomic E-state index is 0.347. The summed E-state index contributed by atoms with van der Waals surface area (Å²) in [6, 6.07) is 6.33. The molecule has 0 heterocycles. The van der Waals surface area contributed by atoms with Crippen molar-refractivity contribution < 1.29 is 9.84 Å². The highest BCUT2D eigenvalue weighted by molar-refractivity contribution is 5.38. The van der Waals surface area contributed by atoms with Crippen molar-refractivity contribution >= 4 is 0 Å². The summed E-state index contributed by atoms with van der Waals surface area (Å²) in [5, 5.41) is 9.83. The maximum absolute atomic E-state index is 9.83. The van der Waals surface area contributed by atoms with E-state index in [1.54, 1.807) is 0 Å². The Balaban J connectivity index is 1.79. The average Bonchev–Trinajstić information content (AvgIpc) is 2.81. The molecule has 1 aliphatic rings. The molecule has 1 aromatic rings. The molecule has 0 fully saturated rings. The van der Waals surface area contributed by atoms with Crippen LogP contribution < -0.4 is 4.74 Å². The van der Waals surface area contributed by atoms with Crippen LogP contribution in [0.2, 0.25) is 0 Å². The number of aliphatic hydroxyl groups excluding tert-OH is 1. The SMILES string of the molecule is CC(C)CC[C@@H](O)COc1ccc2c(c1)CCC2. The number of hydrogen-bond donors (Lipinski definition) is 1. The van der Waals surface area contributed by atoms with Crippen LogP contribution in [-0.2, 0) is 12.8 Å². The molecule has 0 amide bonds. The van der Waals surface area contributed by atoms with E-state index in [1.165, 1.54) is 30.4 Å².